The summed E-state index contributed by atoms with van der Waals surface area (Å²) >= 11 is 7.48. The van der Waals surface area contributed by atoms with E-state index < -0.39 is 0 Å². The number of hydrogen-bond donors (Lipinski definition) is 0. The molecule has 108 valence electrons. The third kappa shape index (κ3) is 2.56. The highest BCUT2D eigenvalue weighted by atomic mass is 35.5. The van der Waals surface area contributed by atoms with Gasteiger partial charge in [-0.2, -0.15) is 0 Å². The van der Waals surface area contributed by atoms with Gasteiger partial charge in [0.25, 0.3) is 0 Å². The van der Waals surface area contributed by atoms with Gasteiger partial charge in [-0.05, 0) is 42.1 Å². The lowest BCUT2D eigenvalue weighted by Crippen LogP contribution is -2.11. The van der Waals surface area contributed by atoms with E-state index in [1.165, 1.54) is 0 Å². The van der Waals surface area contributed by atoms with Crippen LogP contribution in [0.4, 0.5) is 11.5 Å². The summed E-state index contributed by atoms with van der Waals surface area (Å²) in [4.78, 5) is 14.7. The first-order chi connectivity index (χ1) is 10.1. The highest BCUT2D eigenvalue weighted by Crippen LogP contribution is 2.28. The van der Waals surface area contributed by atoms with Crippen LogP contribution in [0.1, 0.15) is 0 Å². The molecule has 5 nitrogen and oxygen atoms in total. The molecule has 0 fully saturated rings. The van der Waals surface area contributed by atoms with Crippen LogP contribution >= 0.6 is 23.4 Å². The first-order valence-corrected chi connectivity index (χ1v) is 7.93. The van der Waals surface area contributed by atoms with E-state index in [-0.39, 0.29) is 5.28 Å². The van der Waals surface area contributed by atoms with E-state index >= 15 is 0 Å². The molecule has 0 amide bonds. The summed E-state index contributed by atoms with van der Waals surface area (Å²) in [6.07, 6.45) is 3.67. The van der Waals surface area contributed by atoms with E-state index in [0.717, 1.165) is 27.7 Å². The average Bonchev–Trinajstić information content (AvgIpc) is 2.82. The van der Waals surface area contributed by atoms with Crippen LogP contribution in [0.3, 0.4) is 0 Å². The summed E-state index contributed by atoms with van der Waals surface area (Å²) in [5.41, 5.74) is 3.08. The molecule has 3 rings (SSSR count). The van der Waals surface area contributed by atoms with E-state index in [0.29, 0.717) is 0 Å². The van der Waals surface area contributed by atoms with Gasteiger partial charge >= 0.3 is 0 Å². The SMILES string of the molecule is CSc1nc2cc(N(C)c3ccnc(Cl)n3)ccc2n1C. The Morgan fingerprint density at radius 1 is 1.24 bits per heavy atom. The quantitative estimate of drug-likeness (QED) is 0.546. The van der Waals surface area contributed by atoms with Gasteiger partial charge in [0.15, 0.2) is 5.16 Å². The molecule has 0 aliphatic rings. The van der Waals surface area contributed by atoms with Crippen LogP contribution in [0.2, 0.25) is 5.28 Å². The van der Waals surface area contributed by atoms with Crippen molar-refractivity contribution in [1.29, 1.82) is 0 Å². The number of thioether (sulfide) groups is 1. The number of aryl methyl sites for hydroxylation is 1. The minimum absolute atomic E-state index is 0.239. The molecule has 0 aliphatic carbocycles. The number of rotatable bonds is 3. The number of hydrogen-bond acceptors (Lipinski definition) is 5. The van der Waals surface area contributed by atoms with Gasteiger partial charge in [0.2, 0.25) is 5.28 Å². The van der Waals surface area contributed by atoms with Crippen molar-refractivity contribution in [2.75, 3.05) is 18.2 Å². The van der Waals surface area contributed by atoms with Crippen LogP contribution in [0, 0.1) is 0 Å². The highest BCUT2D eigenvalue weighted by molar-refractivity contribution is 7.98. The molecular formula is C14H14ClN5S. The Labute approximate surface area is 132 Å². The first kappa shape index (κ1) is 14.2. The van der Waals surface area contributed by atoms with Crippen molar-refractivity contribution in [2.24, 2.45) is 7.05 Å². The van der Waals surface area contributed by atoms with Crippen molar-refractivity contribution in [1.82, 2.24) is 19.5 Å². The monoisotopic (exact) mass is 319 g/mol. The zero-order chi connectivity index (χ0) is 15.0. The largest absolute Gasteiger partial charge is 0.329 e. The second kappa shape index (κ2) is 5.54. The molecule has 0 aliphatic heterocycles. The number of nitrogens with zero attached hydrogens (tertiary/aromatic N) is 5. The topological polar surface area (TPSA) is 46.8 Å². The fraction of sp³-hybridized carbons (Fsp3) is 0.214. The van der Waals surface area contributed by atoms with E-state index in [4.69, 9.17) is 11.6 Å². The predicted octanol–water partition coefficient (Wildman–Crippen LogP) is 3.51. The van der Waals surface area contributed by atoms with Crippen LogP contribution < -0.4 is 4.90 Å². The van der Waals surface area contributed by atoms with Gasteiger partial charge in [-0.25, -0.2) is 15.0 Å². The van der Waals surface area contributed by atoms with Crippen molar-refractivity contribution < 1.29 is 0 Å². The summed E-state index contributed by atoms with van der Waals surface area (Å²) in [7, 11) is 3.97. The number of imidazole rings is 1. The maximum absolute atomic E-state index is 5.85. The normalized spacial score (nSPS) is 11.0. The van der Waals surface area contributed by atoms with E-state index in [1.54, 1.807) is 18.0 Å². The lowest BCUT2D eigenvalue weighted by Gasteiger charge is -2.18. The molecule has 0 N–H and O–H groups in total. The minimum Gasteiger partial charge on any atom is -0.329 e. The average molecular weight is 320 g/mol. The van der Waals surface area contributed by atoms with Crippen molar-refractivity contribution in [3.8, 4) is 0 Å². The van der Waals surface area contributed by atoms with Gasteiger partial charge in [0.1, 0.15) is 5.82 Å². The van der Waals surface area contributed by atoms with E-state index in [2.05, 4.69) is 25.6 Å². The molecule has 2 aromatic heterocycles. The summed E-state index contributed by atoms with van der Waals surface area (Å²) in [5.74, 6) is 0.746. The van der Waals surface area contributed by atoms with Gasteiger partial charge in [-0.1, -0.05) is 11.8 Å². The number of halogens is 1. The molecule has 0 unspecified atom stereocenters. The summed E-state index contributed by atoms with van der Waals surface area (Å²) in [5, 5.41) is 1.23. The lowest BCUT2D eigenvalue weighted by atomic mass is 10.2. The molecular weight excluding hydrogens is 306 g/mol. The molecule has 1 aromatic carbocycles. The van der Waals surface area contributed by atoms with Gasteiger partial charge < -0.3 is 9.47 Å². The van der Waals surface area contributed by atoms with Crippen LogP contribution in [-0.4, -0.2) is 32.8 Å². The molecule has 0 spiro atoms. The Bertz CT molecular complexity index is 801. The minimum atomic E-state index is 0.239. The second-order valence-electron chi connectivity index (χ2n) is 4.57. The number of anilines is 2. The Morgan fingerprint density at radius 3 is 2.76 bits per heavy atom. The van der Waals surface area contributed by atoms with Crippen molar-refractivity contribution in [2.45, 2.75) is 5.16 Å². The van der Waals surface area contributed by atoms with Crippen LogP contribution in [0.25, 0.3) is 11.0 Å². The van der Waals surface area contributed by atoms with Crippen LogP contribution in [0.5, 0.6) is 0 Å². The summed E-state index contributed by atoms with van der Waals surface area (Å²) < 4.78 is 2.09. The van der Waals surface area contributed by atoms with Crippen molar-refractivity contribution in [3.63, 3.8) is 0 Å². The standard InChI is InChI=1S/C14H14ClN5S/c1-19(12-6-7-16-13(15)18-12)9-4-5-11-10(8-9)17-14(21-3)20(11)2/h4-8H,1-3H3. The molecule has 3 aromatic rings. The van der Waals surface area contributed by atoms with Crippen LogP contribution in [-0.2, 0) is 7.05 Å². The third-order valence-electron chi connectivity index (χ3n) is 3.35. The van der Waals surface area contributed by atoms with Gasteiger partial charge in [0.05, 0.1) is 11.0 Å². The number of fused-ring (bicyclic) bond motifs is 1. The summed E-state index contributed by atoms with van der Waals surface area (Å²) in [6.45, 7) is 0. The maximum Gasteiger partial charge on any atom is 0.224 e. The van der Waals surface area contributed by atoms with E-state index in [9.17, 15) is 0 Å². The fourth-order valence-electron chi connectivity index (χ4n) is 2.20. The lowest BCUT2D eigenvalue weighted by molar-refractivity contribution is 0.817. The zero-order valence-corrected chi connectivity index (χ0v) is 13.5. The zero-order valence-electron chi connectivity index (χ0n) is 11.9. The van der Waals surface area contributed by atoms with Gasteiger partial charge in [0, 0.05) is 26.0 Å². The molecule has 0 bridgehead atoms. The van der Waals surface area contributed by atoms with Crippen molar-refractivity contribution >= 4 is 45.9 Å². The van der Waals surface area contributed by atoms with Gasteiger partial charge in [-0.3, -0.25) is 0 Å². The Balaban J connectivity index is 2.04. The highest BCUT2D eigenvalue weighted by Gasteiger charge is 2.11. The molecule has 2 heterocycles. The Hall–Kier alpha value is -1.79. The predicted molar refractivity (Wildman–Crippen MR) is 87.6 cm³/mol. The van der Waals surface area contributed by atoms with Crippen molar-refractivity contribution in [3.05, 3.63) is 35.7 Å². The van der Waals surface area contributed by atoms with Crippen LogP contribution in [0.15, 0.2) is 35.6 Å². The Kier molecular flexibility index (Phi) is 3.73. The van der Waals surface area contributed by atoms with E-state index in [1.807, 2.05) is 43.5 Å². The molecule has 7 heteroatoms. The second-order valence-corrected chi connectivity index (χ2v) is 5.68. The fourth-order valence-corrected chi connectivity index (χ4v) is 2.91. The Morgan fingerprint density at radius 2 is 2.05 bits per heavy atom. The smallest absolute Gasteiger partial charge is 0.224 e. The molecule has 21 heavy (non-hydrogen) atoms. The number of benzene rings is 1. The molecule has 0 saturated heterocycles. The summed E-state index contributed by atoms with van der Waals surface area (Å²) in [6, 6.07) is 7.98. The van der Waals surface area contributed by atoms with Gasteiger partial charge in [-0.15, -0.1) is 0 Å². The third-order valence-corrected chi connectivity index (χ3v) is 4.26. The first-order valence-electron chi connectivity index (χ1n) is 6.33. The number of aromatic nitrogens is 4. The molecule has 0 radical (unpaired) electrons. The maximum atomic E-state index is 5.85. The molecule has 0 saturated carbocycles. The molecule has 0 atom stereocenters.